The summed E-state index contributed by atoms with van der Waals surface area (Å²) < 4.78 is 0. The maximum atomic E-state index is 6.48. The van der Waals surface area contributed by atoms with Gasteiger partial charge in [-0.1, -0.05) is 48.5 Å². The molecular weight excluding hydrogens is 208 g/mol. The van der Waals surface area contributed by atoms with Crippen LogP contribution in [0.2, 0.25) is 0 Å². The summed E-state index contributed by atoms with van der Waals surface area (Å²) in [6.07, 6.45) is 0. The summed E-state index contributed by atoms with van der Waals surface area (Å²) in [7, 11) is -0.998. The minimum Gasteiger partial charge on any atom is -0.156 e. The monoisotopic (exact) mass is 215 g/mol. The molecular formula is C12H8ClSi. The van der Waals surface area contributed by atoms with E-state index in [0.29, 0.717) is 0 Å². The summed E-state index contributed by atoms with van der Waals surface area (Å²) in [5, 5.41) is 2.67. The molecule has 0 saturated carbocycles. The summed E-state index contributed by atoms with van der Waals surface area (Å²) in [6, 6.07) is 16.9. The Labute approximate surface area is 89.5 Å². The van der Waals surface area contributed by atoms with Crippen molar-refractivity contribution in [3.8, 4) is 11.1 Å². The van der Waals surface area contributed by atoms with Crippen molar-refractivity contribution >= 4 is 29.6 Å². The average Bonchev–Trinajstić information content (AvgIpc) is 2.55. The molecule has 0 aromatic heterocycles. The first-order chi connectivity index (χ1) is 6.88. The summed E-state index contributed by atoms with van der Waals surface area (Å²) >= 11 is 6.48. The van der Waals surface area contributed by atoms with Crippen molar-refractivity contribution in [2.75, 3.05) is 0 Å². The van der Waals surface area contributed by atoms with E-state index in [9.17, 15) is 0 Å². The molecule has 0 N–H and O–H groups in total. The van der Waals surface area contributed by atoms with Crippen molar-refractivity contribution in [3.63, 3.8) is 0 Å². The highest BCUT2D eigenvalue weighted by molar-refractivity contribution is 7.23. The molecule has 67 valence electrons. The highest BCUT2D eigenvalue weighted by Crippen LogP contribution is 2.23. The first kappa shape index (κ1) is 8.27. The molecule has 1 aliphatic heterocycles. The smallest absolute Gasteiger partial charge is 0.156 e. The zero-order chi connectivity index (χ0) is 9.54. The Morgan fingerprint density at radius 1 is 0.714 bits per heavy atom. The van der Waals surface area contributed by atoms with Crippen molar-refractivity contribution in [3.05, 3.63) is 48.5 Å². The minimum atomic E-state index is -0.998. The van der Waals surface area contributed by atoms with Crippen LogP contribution in [0.1, 0.15) is 0 Å². The van der Waals surface area contributed by atoms with Crippen LogP contribution in [0.15, 0.2) is 48.5 Å². The Balaban J connectivity index is 2.36. The average molecular weight is 216 g/mol. The normalized spacial score (nSPS) is 13.8. The Kier molecular flexibility index (Phi) is 1.76. The van der Waals surface area contributed by atoms with Gasteiger partial charge in [-0.3, -0.25) is 0 Å². The van der Waals surface area contributed by atoms with Crippen LogP contribution in [0, 0.1) is 0 Å². The van der Waals surface area contributed by atoms with E-state index in [-0.39, 0.29) is 0 Å². The Morgan fingerprint density at radius 3 is 1.64 bits per heavy atom. The standard InChI is InChI=1S/C12H8ClSi/c13-14-11-7-3-1-5-9(11)10-6-2-4-8-12(10)14/h1-8H. The topological polar surface area (TPSA) is 0 Å². The van der Waals surface area contributed by atoms with Crippen molar-refractivity contribution in [1.29, 1.82) is 0 Å². The molecule has 2 aromatic rings. The number of halogens is 1. The van der Waals surface area contributed by atoms with Gasteiger partial charge in [-0.15, -0.1) is 0 Å². The number of fused-ring (bicyclic) bond motifs is 3. The number of hydrogen-bond donors (Lipinski definition) is 0. The van der Waals surface area contributed by atoms with Gasteiger partial charge >= 0.3 is 0 Å². The lowest BCUT2D eigenvalue weighted by atomic mass is 10.1. The van der Waals surface area contributed by atoms with Crippen LogP contribution in [0.4, 0.5) is 0 Å². The van der Waals surface area contributed by atoms with E-state index in [2.05, 4.69) is 48.5 Å². The van der Waals surface area contributed by atoms with E-state index in [0.717, 1.165) is 0 Å². The van der Waals surface area contributed by atoms with E-state index in [4.69, 9.17) is 11.1 Å². The predicted molar refractivity (Wildman–Crippen MR) is 62.8 cm³/mol. The van der Waals surface area contributed by atoms with Crippen LogP contribution in [-0.4, -0.2) is 8.11 Å². The van der Waals surface area contributed by atoms with E-state index in [1.165, 1.54) is 21.5 Å². The highest BCUT2D eigenvalue weighted by atomic mass is 35.6. The molecule has 2 aromatic carbocycles. The van der Waals surface area contributed by atoms with Gasteiger partial charge in [0.1, 0.15) is 0 Å². The van der Waals surface area contributed by atoms with Gasteiger partial charge in [0.05, 0.1) is 0 Å². The molecule has 0 atom stereocenters. The lowest BCUT2D eigenvalue weighted by Gasteiger charge is -1.98. The lowest BCUT2D eigenvalue weighted by molar-refractivity contribution is 1.71. The van der Waals surface area contributed by atoms with Crippen LogP contribution in [-0.2, 0) is 0 Å². The van der Waals surface area contributed by atoms with E-state index in [1.807, 2.05) is 0 Å². The maximum absolute atomic E-state index is 6.48. The van der Waals surface area contributed by atoms with Crippen LogP contribution >= 0.6 is 11.1 Å². The number of rotatable bonds is 0. The van der Waals surface area contributed by atoms with Crippen molar-refractivity contribution in [2.45, 2.75) is 0 Å². The van der Waals surface area contributed by atoms with Crippen molar-refractivity contribution < 1.29 is 0 Å². The molecule has 1 radical (unpaired) electrons. The first-order valence-corrected chi connectivity index (χ1v) is 7.11. The zero-order valence-corrected chi connectivity index (χ0v) is 9.25. The summed E-state index contributed by atoms with van der Waals surface area (Å²) in [6.45, 7) is 0. The second-order valence-electron chi connectivity index (χ2n) is 3.41. The van der Waals surface area contributed by atoms with E-state index >= 15 is 0 Å². The summed E-state index contributed by atoms with van der Waals surface area (Å²) in [5.41, 5.74) is 2.65. The maximum Gasteiger partial charge on any atom is 0.235 e. The molecule has 3 rings (SSSR count). The largest absolute Gasteiger partial charge is 0.235 e. The SMILES string of the molecule is Cl[Si]1c2ccccc2-c2ccccc21. The summed E-state index contributed by atoms with van der Waals surface area (Å²) in [5.74, 6) is 0. The Morgan fingerprint density at radius 2 is 1.14 bits per heavy atom. The van der Waals surface area contributed by atoms with Crippen LogP contribution in [0.25, 0.3) is 11.1 Å². The Hall–Kier alpha value is -1.05. The lowest BCUT2D eigenvalue weighted by Crippen LogP contribution is -2.31. The van der Waals surface area contributed by atoms with E-state index < -0.39 is 8.11 Å². The molecule has 0 unspecified atom stereocenters. The van der Waals surface area contributed by atoms with Crippen molar-refractivity contribution in [1.82, 2.24) is 0 Å². The molecule has 0 spiro atoms. The molecule has 0 saturated heterocycles. The highest BCUT2D eigenvalue weighted by Gasteiger charge is 2.28. The summed E-state index contributed by atoms with van der Waals surface area (Å²) in [4.78, 5) is 0. The Bertz CT molecular complexity index is 448. The second kappa shape index (κ2) is 2.97. The molecule has 0 bridgehead atoms. The second-order valence-corrected chi connectivity index (χ2v) is 6.24. The first-order valence-electron chi connectivity index (χ1n) is 4.59. The van der Waals surface area contributed by atoms with Crippen molar-refractivity contribution in [2.24, 2.45) is 0 Å². The fraction of sp³-hybridized carbons (Fsp3) is 0. The van der Waals surface area contributed by atoms with Gasteiger partial charge in [0, 0.05) is 0 Å². The number of benzene rings is 2. The van der Waals surface area contributed by atoms with Gasteiger partial charge in [-0.25, -0.2) is 0 Å². The fourth-order valence-corrected chi connectivity index (χ4v) is 4.64. The number of hydrogen-bond acceptors (Lipinski definition) is 0. The molecule has 1 heterocycles. The molecule has 0 fully saturated rings. The van der Waals surface area contributed by atoms with Gasteiger partial charge in [0.25, 0.3) is 0 Å². The molecule has 2 heteroatoms. The molecule has 1 aliphatic rings. The third-order valence-corrected chi connectivity index (χ3v) is 5.66. The zero-order valence-electron chi connectivity index (χ0n) is 7.50. The van der Waals surface area contributed by atoms with Gasteiger partial charge in [-0.05, 0) is 21.5 Å². The predicted octanol–water partition coefficient (Wildman–Crippen LogP) is 2.01. The molecule has 0 amide bonds. The third-order valence-electron chi connectivity index (χ3n) is 2.62. The van der Waals surface area contributed by atoms with Crippen LogP contribution < -0.4 is 10.4 Å². The van der Waals surface area contributed by atoms with Gasteiger partial charge < -0.3 is 0 Å². The molecule has 14 heavy (non-hydrogen) atoms. The molecule has 0 nitrogen and oxygen atoms in total. The molecule has 0 aliphatic carbocycles. The van der Waals surface area contributed by atoms with Gasteiger partial charge in [-0.2, -0.15) is 11.1 Å². The third kappa shape index (κ3) is 0.998. The fourth-order valence-electron chi connectivity index (χ4n) is 1.96. The minimum absolute atomic E-state index is 0.998. The van der Waals surface area contributed by atoms with Gasteiger partial charge in [0.15, 0.2) is 0 Å². The van der Waals surface area contributed by atoms with E-state index in [1.54, 1.807) is 0 Å². The quantitative estimate of drug-likeness (QED) is 0.466. The van der Waals surface area contributed by atoms with Gasteiger partial charge in [0.2, 0.25) is 8.11 Å². The van der Waals surface area contributed by atoms with Crippen LogP contribution in [0.5, 0.6) is 0 Å². The van der Waals surface area contributed by atoms with Crippen LogP contribution in [0.3, 0.4) is 0 Å².